The van der Waals surface area contributed by atoms with Crippen molar-refractivity contribution in [2.75, 3.05) is 14.1 Å². The molecule has 0 radical (unpaired) electrons. The van der Waals surface area contributed by atoms with Crippen LogP contribution in [-0.4, -0.2) is 37.9 Å². The lowest BCUT2D eigenvalue weighted by atomic mass is 9.99. The van der Waals surface area contributed by atoms with Gasteiger partial charge in [0.2, 0.25) is 10.0 Å². The summed E-state index contributed by atoms with van der Waals surface area (Å²) in [6.45, 7) is 0. The first-order valence-corrected chi connectivity index (χ1v) is 7.74. The van der Waals surface area contributed by atoms with Crippen molar-refractivity contribution in [1.82, 2.24) is 4.31 Å². The molecule has 2 aromatic rings. The van der Waals surface area contributed by atoms with Crippen molar-refractivity contribution in [2.24, 2.45) is 0 Å². The number of benzene rings is 2. The molecule has 0 bridgehead atoms. The van der Waals surface area contributed by atoms with Crippen LogP contribution in [0.3, 0.4) is 0 Å². The molecule has 0 atom stereocenters. The maximum atomic E-state index is 13.3. The van der Waals surface area contributed by atoms with Crippen LogP contribution in [0, 0.1) is 5.82 Å². The van der Waals surface area contributed by atoms with Gasteiger partial charge < -0.3 is 5.11 Å². The third kappa shape index (κ3) is 2.86. The number of aromatic carboxylic acids is 1. The first-order chi connectivity index (χ1) is 10.2. The van der Waals surface area contributed by atoms with E-state index in [9.17, 15) is 22.7 Å². The minimum atomic E-state index is -3.76. The summed E-state index contributed by atoms with van der Waals surface area (Å²) in [6, 6.07) is 9.26. The second-order valence-corrected chi connectivity index (χ2v) is 6.90. The quantitative estimate of drug-likeness (QED) is 0.938. The van der Waals surface area contributed by atoms with E-state index in [0.717, 1.165) is 16.4 Å². The Hall–Kier alpha value is -2.25. The summed E-state index contributed by atoms with van der Waals surface area (Å²) in [5, 5.41) is 9.23. The molecule has 116 valence electrons. The van der Waals surface area contributed by atoms with E-state index in [1.54, 1.807) is 12.1 Å². The van der Waals surface area contributed by atoms with Gasteiger partial charge in [-0.05, 0) is 23.8 Å². The summed E-state index contributed by atoms with van der Waals surface area (Å²) in [6.07, 6.45) is 0. The van der Waals surface area contributed by atoms with E-state index in [0.29, 0.717) is 0 Å². The molecule has 0 heterocycles. The number of nitrogens with zero attached hydrogens (tertiary/aromatic N) is 1. The Balaban J connectivity index is 2.79. The van der Waals surface area contributed by atoms with Gasteiger partial charge in [0.05, 0.1) is 10.5 Å². The molecule has 2 rings (SSSR count). The number of rotatable bonds is 4. The molecule has 0 aliphatic heterocycles. The minimum Gasteiger partial charge on any atom is -0.478 e. The van der Waals surface area contributed by atoms with Crippen LogP contribution in [0.4, 0.5) is 4.39 Å². The molecular formula is C15H14FNO4S. The normalized spacial score (nSPS) is 11.6. The van der Waals surface area contributed by atoms with Crippen molar-refractivity contribution >= 4 is 16.0 Å². The van der Waals surface area contributed by atoms with Gasteiger partial charge in [-0.2, -0.15) is 0 Å². The average Bonchev–Trinajstić information content (AvgIpc) is 2.47. The number of carboxylic acid groups (broad SMARTS) is 1. The van der Waals surface area contributed by atoms with Crippen molar-refractivity contribution in [2.45, 2.75) is 4.90 Å². The molecule has 1 N–H and O–H groups in total. The SMILES string of the molecule is CN(C)S(=O)(=O)c1ccccc1-c1ccc(F)cc1C(=O)O. The molecule has 0 saturated carbocycles. The molecule has 0 aliphatic carbocycles. The molecule has 0 fully saturated rings. The average molecular weight is 323 g/mol. The van der Waals surface area contributed by atoms with E-state index >= 15 is 0 Å². The summed E-state index contributed by atoms with van der Waals surface area (Å²) in [5.41, 5.74) is 0.0740. The fraction of sp³-hybridized carbons (Fsp3) is 0.133. The van der Waals surface area contributed by atoms with Crippen LogP contribution in [0.1, 0.15) is 10.4 Å². The lowest BCUT2D eigenvalue weighted by Gasteiger charge is -2.16. The zero-order valence-corrected chi connectivity index (χ0v) is 12.8. The molecule has 0 amide bonds. The van der Waals surface area contributed by atoms with Gasteiger partial charge in [-0.3, -0.25) is 0 Å². The maximum absolute atomic E-state index is 13.3. The summed E-state index contributed by atoms with van der Waals surface area (Å²) in [5.74, 6) is -2.03. The Kier molecular flexibility index (Phi) is 4.30. The zero-order chi connectivity index (χ0) is 16.5. The van der Waals surface area contributed by atoms with Gasteiger partial charge in [0.15, 0.2) is 0 Å². The second kappa shape index (κ2) is 5.86. The predicted octanol–water partition coefficient (Wildman–Crippen LogP) is 2.44. The highest BCUT2D eigenvalue weighted by Crippen LogP contribution is 2.31. The van der Waals surface area contributed by atoms with E-state index in [-0.39, 0.29) is 21.6 Å². The van der Waals surface area contributed by atoms with Crippen LogP contribution in [0.25, 0.3) is 11.1 Å². The molecule has 0 aliphatic rings. The standard InChI is InChI=1S/C15H14FNO4S/c1-17(2)22(20,21)14-6-4-3-5-12(14)11-8-7-10(16)9-13(11)15(18)19/h3-9H,1-2H3,(H,18,19). The largest absolute Gasteiger partial charge is 0.478 e. The summed E-state index contributed by atoms with van der Waals surface area (Å²) >= 11 is 0. The second-order valence-electron chi connectivity index (χ2n) is 4.78. The monoisotopic (exact) mass is 323 g/mol. The van der Waals surface area contributed by atoms with Gasteiger partial charge in [-0.15, -0.1) is 0 Å². The topological polar surface area (TPSA) is 74.7 Å². The summed E-state index contributed by atoms with van der Waals surface area (Å²) in [4.78, 5) is 11.3. The van der Waals surface area contributed by atoms with E-state index < -0.39 is 21.8 Å². The highest BCUT2D eigenvalue weighted by Gasteiger charge is 2.24. The van der Waals surface area contributed by atoms with Gasteiger partial charge in [0.1, 0.15) is 5.82 Å². The van der Waals surface area contributed by atoms with Crippen molar-refractivity contribution < 1.29 is 22.7 Å². The van der Waals surface area contributed by atoms with Crippen molar-refractivity contribution in [3.8, 4) is 11.1 Å². The molecule has 5 nitrogen and oxygen atoms in total. The predicted molar refractivity (Wildman–Crippen MR) is 79.7 cm³/mol. The first kappa shape index (κ1) is 16.1. The molecule has 0 spiro atoms. The van der Waals surface area contributed by atoms with Gasteiger partial charge >= 0.3 is 5.97 Å². The van der Waals surface area contributed by atoms with Crippen LogP contribution in [0.5, 0.6) is 0 Å². The zero-order valence-electron chi connectivity index (χ0n) is 11.9. The first-order valence-electron chi connectivity index (χ1n) is 6.30. The Morgan fingerprint density at radius 3 is 2.32 bits per heavy atom. The third-order valence-electron chi connectivity index (χ3n) is 3.15. The Bertz CT molecular complexity index is 831. The number of carboxylic acids is 1. The number of sulfonamides is 1. The Morgan fingerprint density at radius 2 is 1.73 bits per heavy atom. The molecular weight excluding hydrogens is 309 g/mol. The number of halogens is 1. The number of hydrogen-bond donors (Lipinski definition) is 1. The smallest absolute Gasteiger partial charge is 0.336 e. The van der Waals surface area contributed by atoms with Gasteiger partial charge in [0, 0.05) is 19.7 Å². The van der Waals surface area contributed by atoms with E-state index in [4.69, 9.17) is 0 Å². The lowest BCUT2D eigenvalue weighted by Crippen LogP contribution is -2.23. The molecule has 0 unspecified atom stereocenters. The molecule has 0 saturated heterocycles. The van der Waals surface area contributed by atoms with Crippen LogP contribution >= 0.6 is 0 Å². The van der Waals surface area contributed by atoms with Crippen LogP contribution in [0.15, 0.2) is 47.4 Å². The fourth-order valence-corrected chi connectivity index (χ4v) is 3.14. The van der Waals surface area contributed by atoms with Crippen molar-refractivity contribution in [1.29, 1.82) is 0 Å². The summed E-state index contributed by atoms with van der Waals surface area (Å²) < 4.78 is 39.1. The van der Waals surface area contributed by atoms with Crippen molar-refractivity contribution in [3.63, 3.8) is 0 Å². The molecule has 22 heavy (non-hydrogen) atoms. The lowest BCUT2D eigenvalue weighted by molar-refractivity contribution is 0.0697. The van der Waals surface area contributed by atoms with Gasteiger partial charge in [-0.1, -0.05) is 24.3 Å². The highest BCUT2D eigenvalue weighted by atomic mass is 32.2. The highest BCUT2D eigenvalue weighted by molar-refractivity contribution is 7.89. The van der Waals surface area contributed by atoms with E-state index in [1.165, 1.54) is 32.3 Å². The number of hydrogen-bond acceptors (Lipinski definition) is 3. The van der Waals surface area contributed by atoms with Crippen LogP contribution in [-0.2, 0) is 10.0 Å². The van der Waals surface area contributed by atoms with Crippen LogP contribution in [0.2, 0.25) is 0 Å². The maximum Gasteiger partial charge on any atom is 0.336 e. The number of carbonyl (C=O) groups is 1. The van der Waals surface area contributed by atoms with Gasteiger partial charge in [-0.25, -0.2) is 21.9 Å². The van der Waals surface area contributed by atoms with E-state index in [2.05, 4.69) is 0 Å². The third-order valence-corrected chi connectivity index (χ3v) is 5.02. The molecule has 7 heteroatoms. The Labute approximate surface area is 127 Å². The Morgan fingerprint density at radius 1 is 1.09 bits per heavy atom. The summed E-state index contributed by atoms with van der Waals surface area (Å²) in [7, 11) is -0.994. The fourth-order valence-electron chi connectivity index (χ4n) is 2.04. The molecule has 2 aromatic carbocycles. The minimum absolute atomic E-state index is 0.0332. The molecule has 0 aromatic heterocycles. The van der Waals surface area contributed by atoms with Crippen molar-refractivity contribution in [3.05, 3.63) is 53.8 Å². The van der Waals surface area contributed by atoms with E-state index in [1.807, 2.05) is 0 Å². The van der Waals surface area contributed by atoms with Gasteiger partial charge in [0.25, 0.3) is 0 Å². The van der Waals surface area contributed by atoms with Crippen LogP contribution < -0.4 is 0 Å².